The summed E-state index contributed by atoms with van der Waals surface area (Å²) in [5.41, 5.74) is 1.60. The molecule has 2 amide bonds. The van der Waals surface area contributed by atoms with E-state index in [1.165, 1.54) is 0 Å². The fraction of sp³-hybridized carbons (Fsp3) is 0.471. The maximum absolute atomic E-state index is 11.9. The Hall–Kier alpha value is -3.01. The Morgan fingerprint density at radius 2 is 2.11 bits per heavy atom. The van der Waals surface area contributed by atoms with Crippen LogP contribution in [0.2, 0.25) is 0 Å². The average Bonchev–Trinajstić information content (AvgIpc) is 3.04. The first-order chi connectivity index (χ1) is 13.1. The van der Waals surface area contributed by atoms with Crippen molar-refractivity contribution in [3.63, 3.8) is 0 Å². The lowest BCUT2D eigenvalue weighted by Crippen LogP contribution is -2.25. The zero-order chi connectivity index (χ0) is 18.5. The summed E-state index contributed by atoms with van der Waals surface area (Å²) in [6.07, 6.45) is 5.79. The smallest absolute Gasteiger partial charge is 0.254 e. The molecule has 0 radical (unpaired) electrons. The van der Waals surface area contributed by atoms with Crippen LogP contribution in [0.4, 0.5) is 11.9 Å². The number of nitrogens with one attached hydrogen (secondary N) is 2. The summed E-state index contributed by atoms with van der Waals surface area (Å²) in [6, 6.07) is 0.379. The number of rotatable bonds is 4. The van der Waals surface area contributed by atoms with Crippen molar-refractivity contribution < 1.29 is 14.7 Å². The van der Waals surface area contributed by atoms with Crippen LogP contribution in [0.5, 0.6) is 0 Å². The van der Waals surface area contributed by atoms with E-state index in [0.717, 1.165) is 12.8 Å². The SMILES string of the molecule is O=C1C/C(=C\c2cnn3c(NC4CC4)nc(N4CC[C@@H](O)C4)nc23)C(=O)N1. The molecule has 0 unspecified atom stereocenters. The molecule has 3 fully saturated rings. The average molecular weight is 369 g/mol. The highest BCUT2D eigenvalue weighted by molar-refractivity contribution is 6.15. The van der Waals surface area contributed by atoms with E-state index in [0.29, 0.717) is 54.2 Å². The second-order valence-corrected chi connectivity index (χ2v) is 7.21. The fourth-order valence-electron chi connectivity index (χ4n) is 3.36. The molecular weight excluding hydrogens is 350 g/mol. The van der Waals surface area contributed by atoms with E-state index < -0.39 is 0 Å². The number of carbonyl (C=O) groups excluding carboxylic acids is 2. The van der Waals surface area contributed by atoms with Crippen LogP contribution < -0.4 is 15.5 Å². The van der Waals surface area contributed by atoms with E-state index in [1.807, 2.05) is 4.90 Å². The number of aliphatic hydroxyl groups excluding tert-OH is 1. The molecule has 3 N–H and O–H groups in total. The summed E-state index contributed by atoms with van der Waals surface area (Å²) in [4.78, 5) is 34.5. The van der Waals surface area contributed by atoms with E-state index in [1.54, 1.807) is 16.8 Å². The van der Waals surface area contributed by atoms with Crippen LogP contribution in [0.3, 0.4) is 0 Å². The molecule has 2 saturated heterocycles. The lowest BCUT2D eigenvalue weighted by Gasteiger charge is -2.17. The maximum Gasteiger partial charge on any atom is 0.254 e. The number of β-amino-alcohol motifs (C(OH)–C–C–N with tert-alkyl or cyclic N) is 1. The van der Waals surface area contributed by atoms with Gasteiger partial charge in [0.25, 0.3) is 5.91 Å². The van der Waals surface area contributed by atoms with Gasteiger partial charge in [0.1, 0.15) is 0 Å². The second-order valence-electron chi connectivity index (χ2n) is 7.21. The molecule has 0 bridgehead atoms. The molecule has 10 nitrogen and oxygen atoms in total. The van der Waals surface area contributed by atoms with E-state index in [4.69, 9.17) is 0 Å². The van der Waals surface area contributed by atoms with E-state index in [9.17, 15) is 14.7 Å². The Kier molecular flexibility index (Phi) is 3.61. The summed E-state index contributed by atoms with van der Waals surface area (Å²) in [6.45, 7) is 1.17. The van der Waals surface area contributed by atoms with Gasteiger partial charge < -0.3 is 15.3 Å². The van der Waals surface area contributed by atoms with Gasteiger partial charge in [-0.2, -0.15) is 19.6 Å². The highest BCUT2D eigenvalue weighted by Crippen LogP contribution is 2.27. The van der Waals surface area contributed by atoms with Crippen molar-refractivity contribution in [2.45, 2.75) is 37.8 Å². The Morgan fingerprint density at radius 1 is 1.26 bits per heavy atom. The zero-order valence-corrected chi connectivity index (χ0v) is 14.6. The summed E-state index contributed by atoms with van der Waals surface area (Å²) in [5.74, 6) is 0.428. The first kappa shape index (κ1) is 16.2. The third kappa shape index (κ3) is 3.01. The molecule has 3 aliphatic rings. The van der Waals surface area contributed by atoms with Gasteiger partial charge in [-0.25, -0.2) is 0 Å². The molecule has 5 rings (SSSR count). The van der Waals surface area contributed by atoms with Crippen molar-refractivity contribution in [1.29, 1.82) is 0 Å². The minimum Gasteiger partial charge on any atom is -0.391 e. The molecule has 1 atom stereocenters. The van der Waals surface area contributed by atoms with Crippen LogP contribution in [0, 0.1) is 0 Å². The normalized spacial score (nSPS) is 24.3. The van der Waals surface area contributed by atoms with Crippen molar-refractivity contribution in [2.75, 3.05) is 23.3 Å². The van der Waals surface area contributed by atoms with Crippen LogP contribution in [0.25, 0.3) is 11.7 Å². The van der Waals surface area contributed by atoms with Gasteiger partial charge >= 0.3 is 0 Å². The van der Waals surface area contributed by atoms with Gasteiger partial charge in [0.2, 0.25) is 17.8 Å². The summed E-state index contributed by atoms with van der Waals surface area (Å²) in [5, 5.41) is 19.9. The van der Waals surface area contributed by atoms with Crippen molar-refractivity contribution in [1.82, 2.24) is 24.9 Å². The van der Waals surface area contributed by atoms with Crippen LogP contribution >= 0.6 is 0 Å². The third-order valence-electron chi connectivity index (χ3n) is 4.97. The maximum atomic E-state index is 11.9. The molecule has 1 aliphatic carbocycles. The minimum absolute atomic E-state index is 0.0552. The zero-order valence-electron chi connectivity index (χ0n) is 14.6. The Bertz CT molecular complexity index is 978. The second kappa shape index (κ2) is 6.02. The molecule has 1 saturated carbocycles. The lowest BCUT2D eigenvalue weighted by atomic mass is 10.1. The number of fused-ring (bicyclic) bond motifs is 1. The lowest BCUT2D eigenvalue weighted by molar-refractivity contribution is -0.124. The first-order valence-corrected chi connectivity index (χ1v) is 9.07. The van der Waals surface area contributed by atoms with Gasteiger partial charge in [0.15, 0.2) is 5.65 Å². The first-order valence-electron chi connectivity index (χ1n) is 9.07. The van der Waals surface area contributed by atoms with Crippen LogP contribution in [0.15, 0.2) is 11.8 Å². The van der Waals surface area contributed by atoms with Crippen LogP contribution in [0.1, 0.15) is 31.2 Å². The molecule has 2 aromatic heterocycles. The molecule has 10 heteroatoms. The predicted octanol–water partition coefficient (Wildman–Crippen LogP) is -0.300. The van der Waals surface area contributed by atoms with Gasteiger partial charge in [-0.05, 0) is 25.3 Å². The van der Waals surface area contributed by atoms with Crippen molar-refractivity contribution >= 4 is 35.4 Å². The van der Waals surface area contributed by atoms with Gasteiger partial charge in [-0.1, -0.05) is 0 Å². The fourth-order valence-corrected chi connectivity index (χ4v) is 3.36. The number of hydrogen-bond acceptors (Lipinski definition) is 8. The number of nitrogens with zero attached hydrogens (tertiary/aromatic N) is 5. The highest BCUT2D eigenvalue weighted by Gasteiger charge is 2.28. The molecule has 0 spiro atoms. The summed E-state index contributed by atoms with van der Waals surface area (Å²) in [7, 11) is 0. The highest BCUT2D eigenvalue weighted by atomic mass is 16.3. The van der Waals surface area contributed by atoms with Crippen LogP contribution in [-0.2, 0) is 9.59 Å². The van der Waals surface area contributed by atoms with Gasteiger partial charge in [0.05, 0.1) is 18.7 Å². The number of imide groups is 1. The standard InChI is InChI=1S/C17H19N7O3/c25-12-3-4-23(8-12)16-21-14-10(5-9-6-13(26)20-15(9)27)7-18-24(14)17(22-16)19-11-1-2-11/h5,7,11-12,25H,1-4,6,8H2,(H,19,21,22)(H,20,26,27)/b9-5+/t12-/m1/s1. The number of carbonyl (C=O) groups is 2. The molecule has 2 aliphatic heterocycles. The van der Waals surface area contributed by atoms with E-state index >= 15 is 0 Å². The molecule has 0 aromatic carbocycles. The monoisotopic (exact) mass is 369 g/mol. The van der Waals surface area contributed by atoms with E-state index in [2.05, 4.69) is 25.7 Å². The molecular formula is C17H19N7O3. The van der Waals surface area contributed by atoms with Gasteiger partial charge in [-0.3, -0.25) is 14.9 Å². The molecule has 27 heavy (non-hydrogen) atoms. The summed E-state index contributed by atoms with van der Waals surface area (Å²) < 4.78 is 1.62. The largest absolute Gasteiger partial charge is 0.391 e. The number of hydrogen-bond donors (Lipinski definition) is 3. The third-order valence-corrected chi connectivity index (χ3v) is 4.97. The Morgan fingerprint density at radius 3 is 2.78 bits per heavy atom. The minimum atomic E-state index is -0.385. The molecule has 140 valence electrons. The number of aliphatic hydroxyl groups is 1. The molecule has 4 heterocycles. The van der Waals surface area contributed by atoms with Gasteiger partial charge in [-0.15, -0.1) is 0 Å². The summed E-state index contributed by atoms with van der Waals surface area (Å²) >= 11 is 0. The van der Waals surface area contributed by atoms with E-state index in [-0.39, 0.29) is 24.3 Å². The Labute approximate surface area is 154 Å². The van der Waals surface area contributed by atoms with Crippen molar-refractivity contribution in [2.24, 2.45) is 0 Å². The van der Waals surface area contributed by atoms with Crippen molar-refractivity contribution in [3.8, 4) is 0 Å². The van der Waals surface area contributed by atoms with Crippen LogP contribution in [-0.4, -0.2) is 61.7 Å². The van der Waals surface area contributed by atoms with Gasteiger partial charge in [0, 0.05) is 30.3 Å². The quantitative estimate of drug-likeness (QED) is 0.496. The number of anilines is 2. The molecule has 2 aromatic rings. The van der Waals surface area contributed by atoms with Crippen molar-refractivity contribution in [3.05, 3.63) is 17.3 Å². The number of aromatic nitrogens is 4. The predicted molar refractivity (Wildman–Crippen MR) is 96.0 cm³/mol. The topological polar surface area (TPSA) is 125 Å². The number of amides is 2. The Balaban J connectivity index is 1.59.